The Bertz CT molecular complexity index is 1550. The SMILES string of the molecule is CCC(C)c1onc(-c2c(Cl)cccc2Cl)c1COc1ccc(C2(O)CN(c3cc(C(=O)O)ccn3)C2)c(Cl)c1. The van der Waals surface area contributed by atoms with Crippen LogP contribution >= 0.6 is 34.8 Å². The first kappa shape index (κ1) is 28.2. The standard InChI is InChI=1S/C29H26Cl3N3O5/c1-3-16(2)27-19(26(34-40-27)25-21(30)5-4-6-22(25)31)13-39-18-7-8-20(23(32)12-18)29(38)14-35(15-29)24-11-17(28(36)37)9-10-33-24/h4-12,16,38H,3,13-15H2,1-2H3,(H,36,37). The summed E-state index contributed by atoms with van der Waals surface area (Å²) in [6, 6.07) is 13.3. The number of benzene rings is 2. The number of anilines is 1. The monoisotopic (exact) mass is 601 g/mol. The van der Waals surface area contributed by atoms with Crippen LogP contribution in [-0.4, -0.2) is 39.4 Å². The Hall–Kier alpha value is -3.30. The molecule has 2 aromatic carbocycles. The van der Waals surface area contributed by atoms with Gasteiger partial charge in [-0.2, -0.15) is 0 Å². The summed E-state index contributed by atoms with van der Waals surface area (Å²) in [5, 5.41) is 26.0. The zero-order valence-corrected chi connectivity index (χ0v) is 24.0. The van der Waals surface area contributed by atoms with Crippen LogP contribution in [0.4, 0.5) is 5.82 Å². The number of hydrogen-bond acceptors (Lipinski definition) is 7. The van der Waals surface area contributed by atoms with Crippen molar-refractivity contribution in [3.05, 3.63) is 92.2 Å². The summed E-state index contributed by atoms with van der Waals surface area (Å²) >= 11 is 19.5. The van der Waals surface area contributed by atoms with Crippen molar-refractivity contribution < 1.29 is 24.3 Å². The van der Waals surface area contributed by atoms with Gasteiger partial charge in [-0.15, -0.1) is 0 Å². The molecular weight excluding hydrogens is 577 g/mol. The van der Waals surface area contributed by atoms with Crippen LogP contribution in [-0.2, 0) is 12.2 Å². The van der Waals surface area contributed by atoms with Crippen molar-refractivity contribution in [3.8, 4) is 17.0 Å². The quantitative estimate of drug-likeness (QED) is 0.207. The lowest BCUT2D eigenvalue weighted by molar-refractivity contribution is 0.00712. The lowest BCUT2D eigenvalue weighted by Crippen LogP contribution is -2.60. The van der Waals surface area contributed by atoms with Gasteiger partial charge in [0.15, 0.2) is 0 Å². The van der Waals surface area contributed by atoms with Gasteiger partial charge in [0.1, 0.15) is 35.2 Å². The Morgan fingerprint density at radius 2 is 1.85 bits per heavy atom. The van der Waals surface area contributed by atoms with Crippen LogP contribution in [0.1, 0.15) is 53.4 Å². The highest BCUT2D eigenvalue weighted by atomic mass is 35.5. The number of halogens is 3. The molecule has 208 valence electrons. The van der Waals surface area contributed by atoms with Gasteiger partial charge in [-0.1, -0.05) is 65.9 Å². The number of nitrogens with zero attached hydrogens (tertiary/aromatic N) is 3. The van der Waals surface area contributed by atoms with Gasteiger partial charge < -0.3 is 24.4 Å². The normalized spacial score (nSPS) is 15.0. The number of β-amino-alcohol motifs (C(OH)–C–C–N with tert-alkyl or cyclic N) is 1. The minimum Gasteiger partial charge on any atom is -0.489 e. The van der Waals surface area contributed by atoms with Gasteiger partial charge in [0.25, 0.3) is 0 Å². The number of hydrogen-bond donors (Lipinski definition) is 2. The van der Waals surface area contributed by atoms with Crippen molar-refractivity contribution >= 4 is 46.6 Å². The molecular formula is C29H26Cl3N3O5. The van der Waals surface area contributed by atoms with Gasteiger partial charge >= 0.3 is 5.97 Å². The van der Waals surface area contributed by atoms with E-state index in [-0.39, 0.29) is 31.2 Å². The number of carboxylic acids is 1. The Kier molecular flexibility index (Phi) is 7.97. The van der Waals surface area contributed by atoms with Crippen LogP contribution in [0.15, 0.2) is 59.3 Å². The zero-order chi connectivity index (χ0) is 28.6. The molecule has 2 N–H and O–H groups in total. The van der Waals surface area contributed by atoms with Crippen LogP contribution in [0.3, 0.4) is 0 Å². The third-order valence-electron chi connectivity index (χ3n) is 7.12. The van der Waals surface area contributed by atoms with Gasteiger partial charge in [-0.3, -0.25) is 0 Å². The summed E-state index contributed by atoms with van der Waals surface area (Å²) in [5.41, 5.74) is 1.30. The fourth-order valence-corrected chi connectivity index (χ4v) is 5.64. The average molecular weight is 603 g/mol. The van der Waals surface area contributed by atoms with E-state index in [1.54, 1.807) is 41.3 Å². The summed E-state index contributed by atoms with van der Waals surface area (Å²) in [4.78, 5) is 17.3. The molecule has 0 spiro atoms. The fraction of sp³-hybridized carbons (Fsp3) is 0.276. The largest absolute Gasteiger partial charge is 0.489 e. The molecule has 0 bridgehead atoms. The maximum absolute atomic E-state index is 11.3. The van der Waals surface area contributed by atoms with E-state index in [4.69, 9.17) is 44.1 Å². The van der Waals surface area contributed by atoms with E-state index >= 15 is 0 Å². The summed E-state index contributed by atoms with van der Waals surface area (Å²) in [6.07, 6.45) is 2.27. The number of carboxylic acid groups (broad SMARTS) is 1. The van der Waals surface area contributed by atoms with E-state index in [1.165, 1.54) is 18.3 Å². The van der Waals surface area contributed by atoms with Crippen LogP contribution in [0.25, 0.3) is 11.3 Å². The third kappa shape index (κ3) is 5.37. The second-order valence-corrected chi connectivity index (χ2v) is 11.0. The lowest BCUT2D eigenvalue weighted by atomic mass is 9.86. The molecule has 0 saturated carbocycles. The second-order valence-electron chi connectivity index (χ2n) is 9.81. The minimum atomic E-state index is -1.22. The molecule has 0 amide bonds. The predicted molar refractivity (Wildman–Crippen MR) is 154 cm³/mol. The molecule has 8 nitrogen and oxygen atoms in total. The highest BCUT2D eigenvalue weighted by Gasteiger charge is 2.44. The van der Waals surface area contributed by atoms with Crippen LogP contribution in [0.5, 0.6) is 5.75 Å². The van der Waals surface area contributed by atoms with Gasteiger partial charge in [-0.05, 0) is 42.8 Å². The average Bonchev–Trinajstić information content (AvgIpc) is 3.33. The van der Waals surface area contributed by atoms with Crippen LogP contribution in [0.2, 0.25) is 15.1 Å². The number of aromatic nitrogens is 2. The lowest BCUT2D eigenvalue weighted by Gasteiger charge is -2.47. The summed E-state index contributed by atoms with van der Waals surface area (Å²) in [6.45, 7) is 4.67. The second kappa shape index (κ2) is 11.3. The van der Waals surface area contributed by atoms with Crippen molar-refractivity contribution in [1.29, 1.82) is 0 Å². The van der Waals surface area contributed by atoms with Crippen molar-refractivity contribution in [2.45, 2.75) is 38.4 Å². The molecule has 40 heavy (non-hydrogen) atoms. The van der Waals surface area contributed by atoms with E-state index in [2.05, 4.69) is 17.1 Å². The minimum absolute atomic E-state index is 0.0913. The van der Waals surface area contributed by atoms with Crippen molar-refractivity contribution in [1.82, 2.24) is 10.1 Å². The number of aliphatic hydroxyl groups is 1. The molecule has 1 fully saturated rings. The third-order valence-corrected chi connectivity index (χ3v) is 8.07. The Morgan fingerprint density at radius 3 is 2.50 bits per heavy atom. The molecule has 5 rings (SSSR count). The Morgan fingerprint density at radius 1 is 1.12 bits per heavy atom. The van der Waals surface area contributed by atoms with Gasteiger partial charge in [0, 0.05) is 23.2 Å². The van der Waals surface area contributed by atoms with E-state index in [0.717, 1.165) is 12.0 Å². The molecule has 3 heterocycles. The van der Waals surface area contributed by atoms with E-state index in [1.807, 2.05) is 6.92 Å². The predicted octanol–water partition coefficient (Wildman–Crippen LogP) is 7.20. The molecule has 0 radical (unpaired) electrons. The summed E-state index contributed by atoms with van der Waals surface area (Å²) < 4.78 is 11.9. The molecule has 1 aliphatic rings. The topological polar surface area (TPSA) is 109 Å². The Labute approximate surface area is 246 Å². The molecule has 1 unspecified atom stereocenters. The van der Waals surface area contributed by atoms with Crippen molar-refractivity contribution in [3.63, 3.8) is 0 Å². The van der Waals surface area contributed by atoms with Gasteiger partial charge in [0.05, 0.1) is 39.3 Å². The van der Waals surface area contributed by atoms with E-state index in [0.29, 0.717) is 49.2 Å². The molecule has 4 aromatic rings. The number of ether oxygens (including phenoxy) is 1. The molecule has 1 saturated heterocycles. The number of pyridine rings is 1. The van der Waals surface area contributed by atoms with Crippen LogP contribution < -0.4 is 9.64 Å². The molecule has 1 atom stereocenters. The van der Waals surface area contributed by atoms with Crippen LogP contribution in [0, 0.1) is 0 Å². The van der Waals surface area contributed by atoms with Gasteiger partial charge in [-0.25, -0.2) is 9.78 Å². The Balaban J connectivity index is 1.34. The number of aromatic carboxylic acids is 1. The fourth-order valence-electron chi connectivity index (χ4n) is 4.71. The smallest absolute Gasteiger partial charge is 0.335 e. The summed E-state index contributed by atoms with van der Waals surface area (Å²) in [7, 11) is 0. The first-order chi connectivity index (χ1) is 19.1. The first-order valence-electron chi connectivity index (χ1n) is 12.6. The molecule has 11 heteroatoms. The number of rotatable bonds is 9. The van der Waals surface area contributed by atoms with E-state index < -0.39 is 11.6 Å². The maximum atomic E-state index is 11.3. The van der Waals surface area contributed by atoms with Crippen molar-refractivity contribution in [2.75, 3.05) is 18.0 Å². The highest BCUT2D eigenvalue weighted by molar-refractivity contribution is 6.39. The first-order valence-corrected chi connectivity index (χ1v) is 13.8. The summed E-state index contributed by atoms with van der Waals surface area (Å²) in [5.74, 6) is 0.717. The van der Waals surface area contributed by atoms with E-state index in [9.17, 15) is 15.0 Å². The zero-order valence-electron chi connectivity index (χ0n) is 21.7. The molecule has 0 aliphatic carbocycles. The van der Waals surface area contributed by atoms with Crippen molar-refractivity contribution in [2.24, 2.45) is 0 Å². The number of carbonyl (C=O) groups is 1. The molecule has 1 aliphatic heterocycles. The molecule has 2 aromatic heterocycles. The highest BCUT2D eigenvalue weighted by Crippen LogP contribution is 2.41. The maximum Gasteiger partial charge on any atom is 0.335 e. The van der Waals surface area contributed by atoms with Gasteiger partial charge in [0.2, 0.25) is 0 Å².